The summed E-state index contributed by atoms with van der Waals surface area (Å²) in [4.78, 5) is 11.1. The molecule has 4 nitrogen and oxygen atoms in total. The predicted octanol–water partition coefficient (Wildman–Crippen LogP) is 0.805. The van der Waals surface area contributed by atoms with Crippen LogP contribution in [0.4, 0.5) is 0 Å². The van der Waals surface area contributed by atoms with Crippen LogP contribution in [-0.2, 0) is 11.2 Å². The molecule has 1 aromatic rings. The highest BCUT2D eigenvalue weighted by molar-refractivity contribution is 9.10. The molecule has 1 heterocycles. The second-order valence-corrected chi connectivity index (χ2v) is 4.28. The quantitative estimate of drug-likeness (QED) is 0.833. The summed E-state index contributed by atoms with van der Waals surface area (Å²) in [6.07, 6.45) is 0.597. The Balaban J connectivity index is 2.13. The molecule has 15 heavy (non-hydrogen) atoms. The SMILES string of the molecule is NC1C(=O)NN=C1Cc1cccc(Br)c1. The summed E-state index contributed by atoms with van der Waals surface area (Å²) in [6.45, 7) is 0. The molecule has 0 fully saturated rings. The van der Waals surface area contributed by atoms with Gasteiger partial charge in [-0.1, -0.05) is 28.1 Å². The van der Waals surface area contributed by atoms with Gasteiger partial charge in [-0.3, -0.25) is 4.79 Å². The van der Waals surface area contributed by atoms with Gasteiger partial charge in [-0.25, -0.2) is 5.43 Å². The lowest BCUT2D eigenvalue weighted by Crippen LogP contribution is -2.38. The summed E-state index contributed by atoms with van der Waals surface area (Å²) in [7, 11) is 0. The number of carbonyl (C=O) groups is 1. The molecule has 1 atom stereocenters. The minimum Gasteiger partial charge on any atom is -0.315 e. The third-order valence-electron chi connectivity index (χ3n) is 2.23. The third kappa shape index (κ3) is 2.24. The number of benzene rings is 1. The Morgan fingerprint density at radius 2 is 2.33 bits per heavy atom. The number of hydrazone groups is 1. The second-order valence-electron chi connectivity index (χ2n) is 3.36. The molecule has 0 spiro atoms. The van der Waals surface area contributed by atoms with Gasteiger partial charge in [0, 0.05) is 10.9 Å². The van der Waals surface area contributed by atoms with Crippen molar-refractivity contribution in [1.29, 1.82) is 0 Å². The molecule has 3 N–H and O–H groups in total. The zero-order chi connectivity index (χ0) is 10.8. The number of carbonyl (C=O) groups excluding carboxylic acids is 1. The van der Waals surface area contributed by atoms with Crippen LogP contribution in [0.2, 0.25) is 0 Å². The van der Waals surface area contributed by atoms with Gasteiger partial charge in [-0.15, -0.1) is 0 Å². The van der Waals surface area contributed by atoms with Crippen LogP contribution >= 0.6 is 15.9 Å². The first-order valence-electron chi connectivity index (χ1n) is 4.53. The van der Waals surface area contributed by atoms with Crippen molar-refractivity contribution in [2.24, 2.45) is 10.8 Å². The maximum atomic E-state index is 11.1. The molecule has 0 aromatic heterocycles. The van der Waals surface area contributed by atoms with E-state index in [0.717, 1.165) is 10.0 Å². The lowest BCUT2D eigenvalue weighted by molar-refractivity contribution is -0.120. The fraction of sp³-hybridized carbons (Fsp3) is 0.200. The van der Waals surface area contributed by atoms with Crippen LogP contribution in [0.1, 0.15) is 5.56 Å². The van der Waals surface area contributed by atoms with E-state index in [-0.39, 0.29) is 5.91 Å². The Bertz CT molecular complexity index is 430. The smallest absolute Gasteiger partial charge is 0.262 e. The van der Waals surface area contributed by atoms with Gasteiger partial charge in [0.1, 0.15) is 6.04 Å². The minimum atomic E-state index is -0.607. The summed E-state index contributed by atoms with van der Waals surface area (Å²) >= 11 is 3.38. The molecule has 0 saturated heterocycles. The summed E-state index contributed by atoms with van der Waals surface area (Å²) in [5.41, 5.74) is 9.78. The molecule has 1 amide bonds. The molecule has 1 aliphatic rings. The van der Waals surface area contributed by atoms with E-state index in [0.29, 0.717) is 12.1 Å². The first-order chi connectivity index (χ1) is 7.16. The molecule has 0 aliphatic carbocycles. The Morgan fingerprint density at radius 3 is 2.93 bits per heavy atom. The van der Waals surface area contributed by atoms with Crippen molar-refractivity contribution in [3.63, 3.8) is 0 Å². The molecular weight excluding hydrogens is 258 g/mol. The average Bonchev–Trinajstić information content (AvgIpc) is 2.50. The zero-order valence-electron chi connectivity index (χ0n) is 7.90. The molecule has 1 aliphatic heterocycles. The zero-order valence-corrected chi connectivity index (χ0v) is 9.49. The van der Waals surface area contributed by atoms with Gasteiger partial charge in [-0.05, 0) is 17.7 Å². The molecule has 0 bridgehead atoms. The average molecular weight is 268 g/mol. The van der Waals surface area contributed by atoms with Gasteiger partial charge in [0.15, 0.2) is 0 Å². The van der Waals surface area contributed by atoms with E-state index in [1.807, 2.05) is 24.3 Å². The van der Waals surface area contributed by atoms with E-state index < -0.39 is 6.04 Å². The highest BCUT2D eigenvalue weighted by atomic mass is 79.9. The van der Waals surface area contributed by atoms with E-state index in [4.69, 9.17) is 5.73 Å². The molecule has 0 radical (unpaired) electrons. The van der Waals surface area contributed by atoms with Crippen molar-refractivity contribution in [1.82, 2.24) is 5.43 Å². The number of halogens is 1. The van der Waals surface area contributed by atoms with E-state index in [1.165, 1.54) is 0 Å². The largest absolute Gasteiger partial charge is 0.315 e. The van der Waals surface area contributed by atoms with Crippen molar-refractivity contribution in [2.75, 3.05) is 0 Å². The van der Waals surface area contributed by atoms with Gasteiger partial charge in [-0.2, -0.15) is 5.10 Å². The maximum absolute atomic E-state index is 11.1. The van der Waals surface area contributed by atoms with Crippen molar-refractivity contribution >= 4 is 27.5 Å². The number of hydrogen-bond donors (Lipinski definition) is 2. The second kappa shape index (κ2) is 4.12. The van der Waals surface area contributed by atoms with E-state index in [2.05, 4.69) is 26.5 Å². The highest BCUT2D eigenvalue weighted by Crippen LogP contribution is 2.13. The van der Waals surface area contributed by atoms with Gasteiger partial charge in [0.2, 0.25) is 0 Å². The monoisotopic (exact) mass is 267 g/mol. The molecule has 1 unspecified atom stereocenters. The molecule has 2 rings (SSSR count). The van der Waals surface area contributed by atoms with Crippen molar-refractivity contribution in [3.8, 4) is 0 Å². The van der Waals surface area contributed by atoms with E-state index >= 15 is 0 Å². The van der Waals surface area contributed by atoms with Gasteiger partial charge >= 0.3 is 0 Å². The fourth-order valence-corrected chi connectivity index (χ4v) is 1.87. The molecule has 5 heteroatoms. The first kappa shape index (κ1) is 10.3. The summed E-state index contributed by atoms with van der Waals surface area (Å²) < 4.78 is 1.01. The van der Waals surface area contributed by atoms with Gasteiger partial charge in [0.25, 0.3) is 5.91 Å². The van der Waals surface area contributed by atoms with Crippen molar-refractivity contribution < 1.29 is 4.79 Å². The van der Waals surface area contributed by atoms with Gasteiger partial charge in [0.05, 0.1) is 5.71 Å². The van der Waals surface area contributed by atoms with Crippen LogP contribution in [0.3, 0.4) is 0 Å². The lowest BCUT2D eigenvalue weighted by Gasteiger charge is -2.04. The predicted molar refractivity (Wildman–Crippen MR) is 61.4 cm³/mol. The first-order valence-corrected chi connectivity index (χ1v) is 5.32. The van der Waals surface area contributed by atoms with Gasteiger partial charge < -0.3 is 5.73 Å². The number of amides is 1. The van der Waals surface area contributed by atoms with Crippen LogP contribution < -0.4 is 11.2 Å². The number of nitrogens with one attached hydrogen (secondary N) is 1. The number of nitrogens with two attached hydrogens (primary N) is 1. The Labute approximate surface area is 95.7 Å². The minimum absolute atomic E-state index is 0.236. The van der Waals surface area contributed by atoms with E-state index in [9.17, 15) is 4.79 Å². The molecule has 0 saturated carbocycles. The van der Waals surface area contributed by atoms with Crippen LogP contribution in [0, 0.1) is 0 Å². The number of rotatable bonds is 2. The Kier molecular flexibility index (Phi) is 2.83. The van der Waals surface area contributed by atoms with Crippen LogP contribution in [0.5, 0.6) is 0 Å². The summed E-state index contributed by atoms with van der Waals surface area (Å²) in [5.74, 6) is -0.236. The number of hydrogen-bond acceptors (Lipinski definition) is 3. The fourth-order valence-electron chi connectivity index (χ4n) is 1.42. The molecule has 1 aromatic carbocycles. The van der Waals surface area contributed by atoms with Crippen molar-refractivity contribution in [2.45, 2.75) is 12.5 Å². The lowest BCUT2D eigenvalue weighted by atomic mass is 10.0. The van der Waals surface area contributed by atoms with Crippen LogP contribution in [0.25, 0.3) is 0 Å². The Hall–Kier alpha value is -1.20. The van der Waals surface area contributed by atoms with Crippen LogP contribution in [-0.4, -0.2) is 17.7 Å². The van der Waals surface area contributed by atoms with Crippen molar-refractivity contribution in [3.05, 3.63) is 34.3 Å². The Morgan fingerprint density at radius 1 is 1.53 bits per heavy atom. The normalized spacial score (nSPS) is 20.0. The molecule has 78 valence electrons. The van der Waals surface area contributed by atoms with Crippen LogP contribution in [0.15, 0.2) is 33.8 Å². The summed E-state index contributed by atoms with van der Waals surface area (Å²) in [5, 5.41) is 3.90. The maximum Gasteiger partial charge on any atom is 0.262 e. The third-order valence-corrected chi connectivity index (χ3v) is 2.72. The highest BCUT2D eigenvalue weighted by Gasteiger charge is 2.25. The number of nitrogens with zero attached hydrogens (tertiary/aromatic N) is 1. The molecular formula is C10H10BrN3O. The summed E-state index contributed by atoms with van der Waals surface area (Å²) in [6, 6.07) is 7.24. The topological polar surface area (TPSA) is 67.5 Å². The van der Waals surface area contributed by atoms with E-state index in [1.54, 1.807) is 0 Å². The standard InChI is InChI=1S/C10H10BrN3O/c11-7-3-1-2-6(4-7)5-8-9(12)10(15)14-13-8/h1-4,9H,5,12H2,(H,14,15).